The molecule has 0 heterocycles. The molecule has 0 unspecified atom stereocenters. The fourth-order valence-electron chi connectivity index (χ4n) is 0.631. The minimum Gasteiger partial charge on any atom is -0.444 e. The third kappa shape index (κ3) is 69.3. The standard InChI is InChI=1S/C6H18N4.Co.2HNO2/c7-1-3-9-5-6-10-4-2-8;;2*2-1-3/h9-10H,1-8H2;;2*(H,2,3)/p-2. The van der Waals surface area contributed by atoms with Crippen LogP contribution in [0.25, 0.3) is 0 Å². The van der Waals surface area contributed by atoms with Gasteiger partial charge in [-0.2, -0.15) is 0 Å². The molecule has 0 aromatic rings. The summed E-state index contributed by atoms with van der Waals surface area (Å²) in [6, 6.07) is 0. The summed E-state index contributed by atoms with van der Waals surface area (Å²) >= 11 is 0. The average molecular weight is 297 g/mol. The second kappa shape index (κ2) is 36.2. The van der Waals surface area contributed by atoms with E-state index < -0.39 is 0 Å². The van der Waals surface area contributed by atoms with Crippen molar-refractivity contribution in [2.45, 2.75) is 0 Å². The van der Waals surface area contributed by atoms with Crippen LogP contribution in [-0.2, 0) is 16.8 Å². The van der Waals surface area contributed by atoms with Crippen molar-refractivity contribution in [3.63, 3.8) is 0 Å². The van der Waals surface area contributed by atoms with Crippen LogP contribution in [0, 0.1) is 20.2 Å². The van der Waals surface area contributed by atoms with Crippen molar-refractivity contribution in [1.29, 1.82) is 0 Å². The molecule has 1 radical (unpaired) electrons. The number of hydrogen-bond donors (Lipinski definition) is 4. The van der Waals surface area contributed by atoms with Crippen LogP contribution in [-0.4, -0.2) is 39.3 Å². The smallest absolute Gasteiger partial charge is 0.00772 e. The maximum absolute atomic E-state index is 8.00. The Balaban J connectivity index is -0.000000102. The molecule has 0 aromatic heterocycles. The van der Waals surface area contributed by atoms with E-state index in [-0.39, 0.29) is 16.8 Å². The normalized spacial score (nSPS) is 7.41. The molecule has 10 nitrogen and oxygen atoms in total. The van der Waals surface area contributed by atoms with Gasteiger partial charge in [-0.3, -0.25) is 0 Å². The van der Waals surface area contributed by atoms with Gasteiger partial charge in [0.15, 0.2) is 0 Å². The van der Waals surface area contributed by atoms with E-state index in [1.54, 1.807) is 0 Å². The summed E-state index contributed by atoms with van der Waals surface area (Å²) in [5, 5.41) is 24.3. The summed E-state index contributed by atoms with van der Waals surface area (Å²) in [5.74, 6) is 0. The number of rotatable bonds is 7. The molecule has 0 aliphatic rings. The Morgan fingerprint density at radius 3 is 1.24 bits per heavy atom. The minimum atomic E-state index is 0. The predicted molar refractivity (Wildman–Crippen MR) is 62.2 cm³/mol. The third-order valence-corrected chi connectivity index (χ3v) is 1.12. The molecule has 0 saturated carbocycles. The molecule has 0 aliphatic heterocycles. The molecule has 0 rings (SSSR count). The number of nitrogens with one attached hydrogen (secondary N) is 2. The van der Waals surface area contributed by atoms with Gasteiger partial charge in [0.05, 0.1) is 0 Å². The summed E-state index contributed by atoms with van der Waals surface area (Å²) < 4.78 is 0. The van der Waals surface area contributed by atoms with Crippen molar-refractivity contribution in [2.24, 2.45) is 22.1 Å². The molecule has 0 atom stereocenters. The summed E-state index contributed by atoms with van der Waals surface area (Å²) in [7, 11) is 0. The van der Waals surface area contributed by atoms with Crippen molar-refractivity contribution < 1.29 is 16.8 Å². The van der Waals surface area contributed by atoms with Gasteiger partial charge >= 0.3 is 0 Å². The Morgan fingerprint density at radius 2 is 1.06 bits per heavy atom. The van der Waals surface area contributed by atoms with Crippen LogP contribution < -0.4 is 22.1 Å². The summed E-state index contributed by atoms with van der Waals surface area (Å²) in [6.45, 7) is 5.14. The first-order chi connectivity index (χ1) is 7.74. The van der Waals surface area contributed by atoms with E-state index in [9.17, 15) is 0 Å². The molecule has 0 amide bonds. The van der Waals surface area contributed by atoms with E-state index in [1.807, 2.05) is 0 Å². The van der Waals surface area contributed by atoms with Gasteiger partial charge in [-0.15, -0.1) is 10.7 Å². The van der Waals surface area contributed by atoms with E-state index >= 15 is 0 Å². The van der Waals surface area contributed by atoms with Crippen LogP contribution in [0.2, 0.25) is 0 Å². The van der Waals surface area contributed by atoms with Gasteiger partial charge < -0.3 is 42.3 Å². The Hall–Kier alpha value is -0.854. The van der Waals surface area contributed by atoms with Gasteiger partial charge in [0, 0.05) is 56.0 Å². The first kappa shape index (κ1) is 25.1. The molecule has 6 N–H and O–H groups in total. The topological polar surface area (TPSA) is 181 Å². The van der Waals surface area contributed by atoms with Crippen molar-refractivity contribution in [1.82, 2.24) is 10.6 Å². The molecule has 107 valence electrons. The largest absolute Gasteiger partial charge is 0.444 e. The SMILES string of the molecule is NCCNCCNCCN.O=N[O-].O=N[O-].[Co]. The molecule has 0 saturated heterocycles. The first-order valence-corrected chi connectivity index (χ1v) is 4.46. The van der Waals surface area contributed by atoms with Crippen molar-refractivity contribution in [2.75, 3.05) is 39.3 Å². The van der Waals surface area contributed by atoms with Gasteiger partial charge in [-0.1, -0.05) is 0 Å². The zero-order chi connectivity index (χ0) is 13.1. The maximum atomic E-state index is 8.00. The number of hydrogen-bond acceptors (Lipinski definition) is 10. The first-order valence-electron chi connectivity index (χ1n) is 4.46. The molecule has 11 heteroatoms. The summed E-state index contributed by atoms with van der Waals surface area (Å²) in [4.78, 5) is 16.0. The van der Waals surface area contributed by atoms with Gasteiger partial charge in [0.2, 0.25) is 0 Å². The second-order valence-electron chi connectivity index (χ2n) is 2.23. The third-order valence-electron chi connectivity index (χ3n) is 1.12. The van der Waals surface area contributed by atoms with Crippen molar-refractivity contribution in [3.05, 3.63) is 20.2 Å². The van der Waals surface area contributed by atoms with Crippen LogP contribution in [0.5, 0.6) is 0 Å². The van der Waals surface area contributed by atoms with E-state index in [2.05, 4.69) is 10.6 Å². The molecule has 0 bridgehead atoms. The Labute approximate surface area is 110 Å². The molecular formula is C6H18CoN6O4-2. The second-order valence-corrected chi connectivity index (χ2v) is 2.23. The average Bonchev–Trinajstić information content (AvgIpc) is 2.26. The van der Waals surface area contributed by atoms with Crippen LogP contribution in [0.3, 0.4) is 0 Å². The summed E-state index contributed by atoms with van der Waals surface area (Å²) in [6.07, 6.45) is 0. The Bertz CT molecular complexity index is 119. The Morgan fingerprint density at radius 1 is 0.824 bits per heavy atom. The van der Waals surface area contributed by atoms with E-state index in [4.69, 9.17) is 31.7 Å². The predicted octanol–water partition coefficient (Wildman–Crippen LogP) is -1.42. The van der Waals surface area contributed by atoms with Gasteiger partial charge in [0.1, 0.15) is 0 Å². The zero-order valence-electron chi connectivity index (χ0n) is 9.26. The van der Waals surface area contributed by atoms with E-state index in [0.29, 0.717) is 13.1 Å². The van der Waals surface area contributed by atoms with Crippen LogP contribution in [0.1, 0.15) is 0 Å². The monoisotopic (exact) mass is 297 g/mol. The fraction of sp³-hybridized carbons (Fsp3) is 1.00. The molecule has 0 spiro atoms. The van der Waals surface area contributed by atoms with Crippen LogP contribution >= 0.6 is 0 Å². The zero-order valence-corrected chi connectivity index (χ0v) is 10.3. The van der Waals surface area contributed by atoms with Crippen molar-refractivity contribution >= 4 is 0 Å². The van der Waals surface area contributed by atoms with Crippen LogP contribution in [0.4, 0.5) is 0 Å². The van der Waals surface area contributed by atoms with Gasteiger partial charge in [-0.25, -0.2) is 0 Å². The van der Waals surface area contributed by atoms with Gasteiger partial charge in [-0.05, 0) is 0 Å². The van der Waals surface area contributed by atoms with E-state index in [0.717, 1.165) is 36.9 Å². The molecule has 0 aliphatic carbocycles. The molecule has 17 heavy (non-hydrogen) atoms. The quantitative estimate of drug-likeness (QED) is 0.251. The van der Waals surface area contributed by atoms with Crippen molar-refractivity contribution in [3.8, 4) is 0 Å². The molecular weight excluding hydrogens is 279 g/mol. The Kier molecular flexibility index (Phi) is 53.5. The molecule has 0 aromatic carbocycles. The summed E-state index contributed by atoms with van der Waals surface area (Å²) in [5.41, 5.74) is 10.5. The van der Waals surface area contributed by atoms with E-state index in [1.165, 1.54) is 0 Å². The number of nitrogens with two attached hydrogens (primary N) is 2. The maximum Gasteiger partial charge on any atom is 0.00772 e. The van der Waals surface area contributed by atoms with Gasteiger partial charge in [0.25, 0.3) is 0 Å². The molecule has 0 fully saturated rings. The number of nitrogens with zero attached hydrogens (tertiary/aromatic N) is 2. The fourth-order valence-corrected chi connectivity index (χ4v) is 0.631. The minimum absolute atomic E-state index is 0. The van der Waals surface area contributed by atoms with Crippen LogP contribution in [0.15, 0.2) is 10.7 Å².